The monoisotopic (exact) mass is 499 g/mol. The van der Waals surface area contributed by atoms with Gasteiger partial charge in [-0.3, -0.25) is 14.5 Å². The van der Waals surface area contributed by atoms with Gasteiger partial charge in [0.1, 0.15) is 15.8 Å². The molecule has 6 nitrogen and oxygen atoms in total. The van der Waals surface area contributed by atoms with Gasteiger partial charge in [-0.15, -0.1) is 0 Å². The van der Waals surface area contributed by atoms with Crippen molar-refractivity contribution < 1.29 is 23.5 Å². The van der Waals surface area contributed by atoms with Gasteiger partial charge in [0, 0.05) is 11.6 Å². The van der Waals surface area contributed by atoms with Gasteiger partial charge in [0.15, 0.2) is 0 Å². The van der Waals surface area contributed by atoms with Crippen molar-refractivity contribution in [3.05, 3.63) is 51.0 Å². The molecule has 0 saturated carbocycles. The summed E-state index contributed by atoms with van der Waals surface area (Å²) in [4.78, 5) is 25.9. The highest BCUT2D eigenvalue weighted by Gasteiger charge is 2.32. The number of thiocarbonyl (C=S) groups is 1. The molecule has 1 aliphatic heterocycles. The van der Waals surface area contributed by atoms with Crippen molar-refractivity contribution in [3.8, 4) is 11.3 Å². The lowest BCUT2D eigenvalue weighted by Crippen LogP contribution is -2.31. The van der Waals surface area contributed by atoms with E-state index in [9.17, 15) is 9.59 Å². The lowest BCUT2D eigenvalue weighted by molar-refractivity contribution is -0.144. The second-order valence-electron chi connectivity index (χ2n) is 6.33. The SMILES string of the molecule is CCOC(=O)CCOCCN1C(=O)C(=Cc2ccc(-c3ccc(Cl)c(Cl)c3)o2)SC1=S. The molecular formula is C21H19Cl2NO5S2. The summed E-state index contributed by atoms with van der Waals surface area (Å²) in [6.07, 6.45) is 1.83. The molecule has 1 aromatic heterocycles. The van der Waals surface area contributed by atoms with Crippen LogP contribution in [0.1, 0.15) is 19.1 Å². The normalized spacial score (nSPS) is 15.2. The fraction of sp³-hybridized carbons (Fsp3) is 0.286. The molecule has 0 atom stereocenters. The first-order valence-electron chi connectivity index (χ1n) is 9.43. The first-order valence-corrected chi connectivity index (χ1v) is 11.4. The second-order valence-corrected chi connectivity index (χ2v) is 8.82. The Morgan fingerprint density at radius 3 is 2.77 bits per heavy atom. The summed E-state index contributed by atoms with van der Waals surface area (Å²) >= 11 is 18.5. The molecule has 1 amide bonds. The highest BCUT2D eigenvalue weighted by atomic mass is 35.5. The van der Waals surface area contributed by atoms with Crippen molar-refractivity contribution in [2.75, 3.05) is 26.4 Å². The van der Waals surface area contributed by atoms with Crippen LogP contribution in [0.15, 0.2) is 39.7 Å². The highest BCUT2D eigenvalue weighted by molar-refractivity contribution is 8.26. The molecule has 0 N–H and O–H groups in total. The molecule has 0 bridgehead atoms. The zero-order valence-electron chi connectivity index (χ0n) is 16.6. The number of ether oxygens (including phenoxy) is 2. The fourth-order valence-corrected chi connectivity index (χ4v) is 4.29. The van der Waals surface area contributed by atoms with E-state index in [0.717, 1.165) is 5.56 Å². The van der Waals surface area contributed by atoms with Crippen LogP contribution < -0.4 is 0 Å². The molecule has 1 saturated heterocycles. The van der Waals surface area contributed by atoms with Crippen LogP contribution >= 0.6 is 47.2 Å². The molecule has 0 radical (unpaired) electrons. The third kappa shape index (κ3) is 6.33. The van der Waals surface area contributed by atoms with Crippen LogP contribution in [0.3, 0.4) is 0 Å². The molecule has 0 aliphatic carbocycles. The first kappa shape index (κ1) is 23.8. The van der Waals surface area contributed by atoms with E-state index in [1.54, 1.807) is 43.3 Å². The summed E-state index contributed by atoms with van der Waals surface area (Å²) < 4.78 is 16.5. The molecule has 1 aromatic carbocycles. The molecule has 2 aromatic rings. The number of rotatable bonds is 9. The van der Waals surface area contributed by atoms with Crippen molar-refractivity contribution in [2.24, 2.45) is 0 Å². The number of hydrogen-bond acceptors (Lipinski definition) is 7. The molecular weight excluding hydrogens is 481 g/mol. The Balaban J connectivity index is 1.57. The zero-order chi connectivity index (χ0) is 22.4. The topological polar surface area (TPSA) is 69.0 Å². The van der Waals surface area contributed by atoms with E-state index in [1.165, 1.54) is 16.7 Å². The van der Waals surface area contributed by atoms with Crippen LogP contribution in [0.4, 0.5) is 0 Å². The largest absolute Gasteiger partial charge is 0.466 e. The maximum Gasteiger partial charge on any atom is 0.308 e. The Bertz CT molecular complexity index is 1020. The van der Waals surface area contributed by atoms with E-state index < -0.39 is 0 Å². The average Bonchev–Trinajstić information content (AvgIpc) is 3.30. The summed E-state index contributed by atoms with van der Waals surface area (Å²) in [7, 11) is 0. The summed E-state index contributed by atoms with van der Waals surface area (Å²) in [5, 5.41) is 0.896. The van der Waals surface area contributed by atoms with Crippen LogP contribution in [0.2, 0.25) is 10.0 Å². The number of carbonyl (C=O) groups is 2. The smallest absolute Gasteiger partial charge is 0.308 e. The van der Waals surface area contributed by atoms with Gasteiger partial charge in [0.2, 0.25) is 0 Å². The lowest BCUT2D eigenvalue weighted by Gasteiger charge is -2.14. The standard InChI is InChI=1S/C21H19Cl2NO5S2/c1-2-28-19(25)7-9-27-10-8-24-20(26)18(31-21(24)30)12-14-4-6-17(29-14)13-3-5-15(22)16(23)11-13/h3-6,11-12H,2,7-10H2,1H3. The Morgan fingerprint density at radius 1 is 1.23 bits per heavy atom. The van der Waals surface area contributed by atoms with Crippen molar-refractivity contribution in [2.45, 2.75) is 13.3 Å². The van der Waals surface area contributed by atoms with Gasteiger partial charge in [-0.05, 0) is 37.3 Å². The van der Waals surface area contributed by atoms with Gasteiger partial charge in [0.25, 0.3) is 5.91 Å². The number of carbonyl (C=O) groups excluding carboxylic acids is 2. The van der Waals surface area contributed by atoms with Gasteiger partial charge < -0.3 is 13.9 Å². The lowest BCUT2D eigenvalue weighted by atomic mass is 10.2. The Morgan fingerprint density at radius 2 is 2.03 bits per heavy atom. The Hall–Kier alpha value is -1.84. The van der Waals surface area contributed by atoms with E-state index in [1.807, 2.05) is 0 Å². The van der Waals surface area contributed by atoms with Crippen molar-refractivity contribution >= 4 is 69.5 Å². The predicted molar refractivity (Wildman–Crippen MR) is 126 cm³/mol. The molecule has 3 rings (SSSR count). The van der Waals surface area contributed by atoms with Crippen LogP contribution in [-0.2, 0) is 19.1 Å². The number of halogens is 2. The number of furan rings is 1. The van der Waals surface area contributed by atoms with Crippen LogP contribution in [0, 0.1) is 0 Å². The van der Waals surface area contributed by atoms with E-state index in [2.05, 4.69) is 0 Å². The molecule has 2 heterocycles. The average molecular weight is 500 g/mol. The zero-order valence-corrected chi connectivity index (χ0v) is 19.7. The molecule has 0 spiro atoms. The van der Waals surface area contributed by atoms with Gasteiger partial charge in [-0.25, -0.2) is 0 Å². The molecule has 164 valence electrons. The molecule has 0 unspecified atom stereocenters. The summed E-state index contributed by atoms with van der Waals surface area (Å²) in [5.41, 5.74) is 0.779. The minimum atomic E-state index is -0.310. The van der Waals surface area contributed by atoms with Gasteiger partial charge in [0.05, 0.1) is 47.7 Å². The Kier molecular flexibility index (Phi) is 8.57. The van der Waals surface area contributed by atoms with E-state index in [4.69, 9.17) is 49.3 Å². The minimum absolute atomic E-state index is 0.172. The van der Waals surface area contributed by atoms with Gasteiger partial charge >= 0.3 is 5.97 Å². The molecule has 31 heavy (non-hydrogen) atoms. The highest BCUT2D eigenvalue weighted by Crippen LogP contribution is 2.34. The third-order valence-electron chi connectivity index (χ3n) is 4.19. The second kappa shape index (κ2) is 11.2. The number of amides is 1. The third-order valence-corrected chi connectivity index (χ3v) is 6.31. The molecule has 10 heteroatoms. The number of nitrogens with zero attached hydrogens (tertiary/aromatic N) is 1. The number of hydrogen-bond donors (Lipinski definition) is 0. The molecule has 1 aliphatic rings. The van der Waals surface area contributed by atoms with E-state index >= 15 is 0 Å². The predicted octanol–water partition coefficient (Wildman–Crippen LogP) is 5.42. The summed E-state index contributed by atoms with van der Waals surface area (Å²) in [6.45, 7) is 2.89. The number of benzene rings is 1. The fourth-order valence-electron chi connectivity index (χ4n) is 2.70. The van der Waals surface area contributed by atoms with Gasteiger partial charge in [-0.1, -0.05) is 47.2 Å². The number of esters is 1. The van der Waals surface area contributed by atoms with Crippen LogP contribution in [0.25, 0.3) is 17.4 Å². The van der Waals surface area contributed by atoms with Crippen molar-refractivity contribution in [1.29, 1.82) is 0 Å². The summed E-state index contributed by atoms with van der Waals surface area (Å²) in [6, 6.07) is 8.78. The van der Waals surface area contributed by atoms with E-state index in [0.29, 0.717) is 43.9 Å². The van der Waals surface area contributed by atoms with Crippen LogP contribution in [-0.4, -0.2) is 47.5 Å². The van der Waals surface area contributed by atoms with Crippen LogP contribution in [0.5, 0.6) is 0 Å². The maximum atomic E-state index is 12.7. The number of thioether (sulfide) groups is 1. The van der Waals surface area contributed by atoms with Crippen molar-refractivity contribution in [3.63, 3.8) is 0 Å². The quantitative estimate of drug-likeness (QED) is 0.197. The molecule has 1 fully saturated rings. The minimum Gasteiger partial charge on any atom is -0.466 e. The van der Waals surface area contributed by atoms with Gasteiger partial charge in [-0.2, -0.15) is 0 Å². The van der Waals surface area contributed by atoms with Crippen molar-refractivity contribution in [1.82, 2.24) is 4.90 Å². The first-order chi connectivity index (χ1) is 14.9. The van der Waals surface area contributed by atoms with E-state index in [-0.39, 0.29) is 31.5 Å². The maximum absolute atomic E-state index is 12.7. The summed E-state index contributed by atoms with van der Waals surface area (Å²) in [5.74, 6) is 0.605. The Labute approximate surface area is 199 Å².